The Hall–Kier alpha value is -2.77. The number of aliphatic hydroxyl groups is 2. The van der Waals surface area contributed by atoms with Gasteiger partial charge in [0.15, 0.2) is 12.4 Å². The van der Waals surface area contributed by atoms with Crippen LogP contribution in [0.4, 0.5) is 8.78 Å². The van der Waals surface area contributed by atoms with Crippen molar-refractivity contribution in [2.45, 2.75) is 19.8 Å². The SMILES string of the molecule is OCc1cc(F)cc(CO)c1OCc1ncc(-c2cccc(F)c2)o1. The van der Waals surface area contributed by atoms with Gasteiger partial charge in [-0.2, -0.15) is 0 Å². The average molecular weight is 347 g/mol. The topological polar surface area (TPSA) is 75.7 Å². The molecule has 0 bridgehead atoms. The van der Waals surface area contributed by atoms with Crippen LogP contribution in [0.5, 0.6) is 5.75 Å². The molecule has 0 unspecified atom stereocenters. The highest BCUT2D eigenvalue weighted by Crippen LogP contribution is 2.28. The fourth-order valence-electron chi connectivity index (χ4n) is 2.42. The fraction of sp³-hybridized carbons (Fsp3) is 0.167. The van der Waals surface area contributed by atoms with Crippen molar-refractivity contribution in [1.82, 2.24) is 4.98 Å². The second-order valence-corrected chi connectivity index (χ2v) is 5.29. The van der Waals surface area contributed by atoms with Gasteiger partial charge < -0.3 is 19.4 Å². The molecule has 0 fully saturated rings. The summed E-state index contributed by atoms with van der Waals surface area (Å²) in [5, 5.41) is 18.7. The summed E-state index contributed by atoms with van der Waals surface area (Å²) in [6, 6.07) is 8.14. The van der Waals surface area contributed by atoms with Gasteiger partial charge in [-0.3, -0.25) is 0 Å². The molecule has 5 nitrogen and oxygen atoms in total. The van der Waals surface area contributed by atoms with Gasteiger partial charge in [0.1, 0.15) is 17.4 Å². The van der Waals surface area contributed by atoms with E-state index in [4.69, 9.17) is 9.15 Å². The van der Waals surface area contributed by atoms with Crippen LogP contribution >= 0.6 is 0 Å². The number of oxazole rings is 1. The quantitative estimate of drug-likeness (QED) is 0.716. The normalized spacial score (nSPS) is 10.9. The monoisotopic (exact) mass is 347 g/mol. The predicted molar refractivity (Wildman–Crippen MR) is 84.5 cm³/mol. The largest absolute Gasteiger partial charge is 0.483 e. The smallest absolute Gasteiger partial charge is 0.232 e. The number of ether oxygens (including phenoxy) is 1. The number of aliphatic hydroxyl groups excluding tert-OH is 2. The summed E-state index contributed by atoms with van der Waals surface area (Å²) in [6.45, 7) is -0.985. The zero-order chi connectivity index (χ0) is 17.8. The molecule has 2 aromatic carbocycles. The van der Waals surface area contributed by atoms with Crippen LogP contribution in [0.1, 0.15) is 17.0 Å². The maximum absolute atomic E-state index is 13.4. The van der Waals surface area contributed by atoms with E-state index >= 15 is 0 Å². The molecule has 3 rings (SSSR count). The number of rotatable bonds is 6. The summed E-state index contributed by atoms with van der Waals surface area (Å²) >= 11 is 0. The van der Waals surface area contributed by atoms with Crippen molar-refractivity contribution in [3.63, 3.8) is 0 Å². The second-order valence-electron chi connectivity index (χ2n) is 5.29. The highest BCUT2D eigenvalue weighted by molar-refractivity contribution is 5.56. The van der Waals surface area contributed by atoms with Crippen molar-refractivity contribution in [1.29, 1.82) is 0 Å². The molecular weight excluding hydrogens is 332 g/mol. The van der Waals surface area contributed by atoms with Gasteiger partial charge >= 0.3 is 0 Å². The highest BCUT2D eigenvalue weighted by Gasteiger charge is 2.14. The van der Waals surface area contributed by atoms with E-state index in [2.05, 4.69) is 4.98 Å². The zero-order valence-corrected chi connectivity index (χ0v) is 13.1. The Labute approximate surface area is 142 Å². The molecule has 1 aromatic heterocycles. The molecule has 0 aliphatic heterocycles. The summed E-state index contributed by atoms with van der Waals surface area (Å²) in [5.41, 5.74) is 0.953. The molecular formula is C18H15F2NO4. The minimum absolute atomic E-state index is 0.0963. The van der Waals surface area contributed by atoms with E-state index in [0.717, 1.165) is 12.1 Å². The standard InChI is InChI=1S/C18H15F2NO4/c19-14-3-1-2-11(4-14)16-7-21-17(25-16)10-24-18-12(8-22)5-15(20)6-13(18)9-23/h1-7,22-23H,8-10H2. The Kier molecular flexibility index (Phi) is 5.06. The van der Waals surface area contributed by atoms with Crippen molar-refractivity contribution < 1.29 is 28.1 Å². The molecule has 0 aliphatic rings. The third-order valence-corrected chi connectivity index (χ3v) is 3.55. The molecule has 1 heterocycles. The van der Waals surface area contributed by atoms with Gasteiger partial charge in [-0.15, -0.1) is 0 Å². The van der Waals surface area contributed by atoms with E-state index in [1.807, 2.05) is 0 Å². The lowest BCUT2D eigenvalue weighted by atomic mass is 10.1. The van der Waals surface area contributed by atoms with E-state index in [9.17, 15) is 19.0 Å². The Morgan fingerprint density at radius 1 is 1.00 bits per heavy atom. The second kappa shape index (κ2) is 7.42. The van der Waals surface area contributed by atoms with Crippen molar-refractivity contribution in [3.05, 3.63) is 71.2 Å². The number of benzene rings is 2. The molecule has 7 heteroatoms. The molecule has 0 saturated heterocycles. The van der Waals surface area contributed by atoms with Crippen molar-refractivity contribution in [2.24, 2.45) is 0 Å². The number of hydrogen-bond acceptors (Lipinski definition) is 5. The summed E-state index contributed by atoms with van der Waals surface area (Å²) in [6.07, 6.45) is 1.44. The van der Waals surface area contributed by atoms with Crippen LogP contribution < -0.4 is 4.74 Å². The van der Waals surface area contributed by atoms with Gasteiger partial charge in [-0.05, 0) is 24.3 Å². The van der Waals surface area contributed by atoms with Crippen molar-refractivity contribution >= 4 is 0 Å². The molecule has 0 radical (unpaired) electrons. The lowest BCUT2D eigenvalue weighted by molar-refractivity contribution is 0.226. The first-order chi connectivity index (χ1) is 12.1. The van der Waals surface area contributed by atoms with E-state index in [-0.39, 0.29) is 29.4 Å². The first-order valence-corrected chi connectivity index (χ1v) is 7.47. The highest BCUT2D eigenvalue weighted by atomic mass is 19.1. The first-order valence-electron chi connectivity index (χ1n) is 7.47. The lowest BCUT2D eigenvalue weighted by Gasteiger charge is -2.13. The Balaban J connectivity index is 1.79. The predicted octanol–water partition coefficient (Wildman–Crippen LogP) is 3.18. The molecule has 0 aliphatic carbocycles. The third-order valence-electron chi connectivity index (χ3n) is 3.55. The van der Waals surface area contributed by atoms with Crippen LogP contribution in [0, 0.1) is 11.6 Å². The van der Waals surface area contributed by atoms with E-state index in [1.54, 1.807) is 12.1 Å². The van der Waals surface area contributed by atoms with E-state index in [1.165, 1.54) is 18.3 Å². The summed E-state index contributed by atoms with van der Waals surface area (Å²) in [4.78, 5) is 4.05. The van der Waals surface area contributed by atoms with Gasteiger partial charge in [-0.1, -0.05) is 12.1 Å². The van der Waals surface area contributed by atoms with Gasteiger partial charge in [-0.25, -0.2) is 13.8 Å². The minimum Gasteiger partial charge on any atom is -0.483 e. The molecule has 0 spiro atoms. The average Bonchev–Trinajstić information content (AvgIpc) is 3.08. The number of hydrogen-bond donors (Lipinski definition) is 2. The molecule has 130 valence electrons. The molecule has 0 atom stereocenters. The lowest BCUT2D eigenvalue weighted by Crippen LogP contribution is -2.03. The molecule has 3 aromatic rings. The summed E-state index contributed by atoms with van der Waals surface area (Å²) in [5.74, 6) is -0.196. The van der Waals surface area contributed by atoms with Crippen LogP contribution in [-0.2, 0) is 19.8 Å². The van der Waals surface area contributed by atoms with Crippen LogP contribution in [-0.4, -0.2) is 15.2 Å². The summed E-state index contributed by atoms with van der Waals surface area (Å²) in [7, 11) is 0. The molecule has 25 heavy (non-hydrogen) atoms. The molecule has 0 saturated carbocycles. The van der Waals surface area contributed by atoms with Gasteiger partial charge in [0, 0.05) is 16.7 Å². The maximum Gasteiger partial charge on any atom is 0.232 e. The van der Waals surface area contributed by atoms with Crippen LogP contribution in [0.3, 0.4) is 0 Å². The maximum atomic E-state index is 13.4. The summed E-state index contributed by atoms with van der Waals surface area (Å²) < 4.78 is 37.8. The molecule has 0 amide bonds. The van der Waals surface area contributed by atoms with E-state index in [0.29, 0.717) is 11.3 Å². The van der Waals surface area contributed by atoms with Gasteiger partial charge in [0.25, 0.3) is 0 Å². The Morgan fingerprint density at radius 2 is 1.72 bits per heavy atom. The number of aromatic nitrogens is 1. The van der Waals surface area contributed by atoms with Gasteiger partial charge in [0.05, 0.1) is 19.4 Å². The van der Waals surface area contributed by atoms with Gasteiger partial charge in [0.2, 0.25) is 5.89 Å². The third kappa shape index (κ3) is 3.84. The Bertz CT molecular complexity index is 854. The Morgan fingerprint density at radius 3 is 2.36 bits per heavy atom. The van der Waals surface area contributed by atoms with Crippen molar-refractivity contribution in [3.8, 4) is 17.1 Å². The number of nitrogens with zero attached hydrogens (tertiary/aromatic N) is 1. The van der Waals surface area contributed by atoms with Crippen LogP contribution in [0.25, 0.3) is 11.3 Å². The zero-order valence-electron chi connectivity index (χ0n) is 13.1. The number of halogens is 2. The van der Waals surface area contributed by atoms with Crippen LogP contribution in [0.15, 0.2) is 47.0 Å². The molecule has 2 N–H and O–H groups in total. The van der Waals surface area contributed by atoms with E-state index < -0.39 is 24.8 Å². The fourth-order valence-corrected chi connectivity index (χ4v) is 2.42. The van der Waals surface area contributed by atoms with Crippen molar-refractivity contribution in [2.75, 3.05) is 0 Å². The van der Waals surface area contributed by atoms with Crippen LogP contribution in [0.2, 0.25) is 0 Å². The minimum atomic E-state index is -0.579. The first kappa shape index (κ1) is 17.1.